The van der Waals surface area contributed by atoms with E-state index in [1.165, 1.54) is 19.1 Å². The van der Waals surface area contributed by atoms with E-state index in [4.69, 9.17) is 5.73 Å². The van der Waals surface area contributed by atoms with Gasteiger partial charge in [-0.2, -0.15) is 0 Å². The summed E-state index contributed by atoms with van der Waals surface area (Å²) in [6.07, 6.45) is -2.12. The molecule has 0 saturated carbocycles. The first-order valence-corrected chi connectivity index (χ1v) is 5.57. The first-order chi connectivity index (χ1) is 8.41. The number of rotatable bonds is 5. The van der Waals surface area contributed by atoms with Crippen LogP contribution in [-0.4, -0.2) is 28.8 Å². The van der Waals surface area contributed by atoms with E-state index in [0.29, 0.717) is 0 Å². The van der Waals surface area contributed by atoms with Gasteiger partial charge in [0.2, 0.25) is 5.91 Å². The standard InChI is InChI=1S/C12H17FN2O3/c1-7(16)15-5-4-11(17)12(18)8-2-3-10(14)9(13)6-8/h2-3,6,11-12,17-18H,4-5,14H2,1H3,(H,15,16). The van der Waals surface area contributed by atoms with Crippen molar-refractivity contribution in [3.05, 3.63) is 29.6 Å². The quantitative estimate of drug-likeness (QED) is 0.571. The molecule has 1 rings (SSSR count). The van der Waals surface area contributed by atoms with Gasteiger partial charge in [0.1, 0.15) is 11.9 Å². The normalized spacial score (nSPS) is 14.0. The number of hydrogen-bond acceptors (Lipinski definition) is 4. The van der Waals surface area contributed by atoms with Crippen LogP contribution in [-0.2, 0) is 4.79 Å². The van der Waals surface area contributed by atoms with Crippen LogP contribution < -0.4 is 11.1 Å². The van der Waals surface area contributed by atoms with Gasteiger partial charge >= 0.3 is 0 Å². The summed E-state index contributed by atoms with van der Waals surface area (Å²) < 4.78 is 13.2. The zero-order valence-corrected chi connectivity index (χ0v) is 10.1. The molecule has 0 aliphatic heterocycles. The molecular weight excluding hydrogens is 239 g/mol. The Labute approximate surface area is 104 Å². The minimum atomic E-state index is -1.21. The highest BCUT2D eigenvalue weighted by Crippen LogP contribution is 2.22. The van der Waals surface area contributed by atoms with Crippen molar-refractivity contribution in [2.75, 3.05) is 12.3 Å². The molecule has 1 amide bonds. The number of amides is 1. The van der Waals surface area contributed by atoms with Crippen molar-refractivity contribution >= 4 is 11.6 Å². The maximum absolute atomic E-state index is 13.2. The largest absolute Gasteiger partial charge is 0.396 e. The van der Waals surface area contributed by atoms with Crippen LogP contribution in [0.2, 0.25) is 0 Å². The SMILES string of the molecule is CC(=O)NCCC(O)C(O)c1ccc(N)c(F)c1. The van der Waals surface area contributed by atoms with Gasteiger partial charge in [0.05, 0.1) is 11.8 Å². The van der Waals surface area contributed by atoms with Crippen molar-refractivity contribution < 1.29 is 19.4 Å². The van der Waals surface area contributed by atoms with E-state index in [0.717, 1.165) is 6.07 Å². The van der Waals surface area contributed by atoms with Crippen molar-refractivity contribution in [2.45, 2.75) is 25.6 Å². The number of nitrogens with one attached hydrogen (secondary N) is 1. The summed E-state index contributed by atoms with van der Waals surface area (Å²) in [5.74, 6) is -0.851. The van der Waals surface area contributed by atoms with Crippen LogP contribution >= 0.6 is 0 Å². The van der Waals surface area contributed by atoms with Crippen LogP contribution in [0.15, 0.2) is 18.2 Å². The van der Waals surface area contributed by atoms with Crippen LogP contribution in [0.25, 0.3) is 0 Å². The molecule has 1 aromatic rings. The van der Waals surface area contributed by atoms with Gasteiger partial charge in [-0.05, 0) is 24.1 Å². The Morgan fingerprint density at radius 1 is 1.50 bits per heavy atom. The molecule has 0 bridgehead atoms. The van der Waals surface area contributed by atoms with Crippen molar-refractivity contribution in [1.29, 1.82) is 0 Å². The van der Waals surface area contributed by atoms with Crippen LogP contribution in [0.4, 0.5) is 10.1 Å². The van der Waals surface area contributed by atoms with Gasteiger partial charge < -0.3 is 21.3 Å². The lowest BCUT2D eigenvalue weighted by Crippen LogP contribution is -2.27. The second-order valence-electron chi connectivity index (χ2n) is 4.06. The van der Waals surface area contributed by atoms with Crippen molar-refractivity contribution in [3.8, 4) is 0 Å². The average molecular weight is 256 g/mol. The molecule has 2 unspecified atom stereocenters. The molecule has 0 aromatic heterocycles. The number of aliphatic hydroxyl groups is 2. The summed E-state index contributed by atoms with van der Waals surface area (Å²) in [6.45, 7) is 1.60. The van der Waals surface area contributed by atoms with E-state index >= 15 is 0 Å². The highest BCUT2D eigenvalue weighted by atomic mass is 19.1. The van der Waals surface area contributed by atoms with Crippen LogP contribution in [0.3, 0.4) is 0 Å². The number of nitrogens with two attached hydrogens (primary N) is 1. The molecular formula is C12H17FN2O3. The number of benzene rings is 1. The Morgan fingerprint density at radius 3 is 2.72 bits per heavy atom. The fourth-order valence-corrected chi connectivity index (χ4v) is 1.50. The predicted octanol–water partition coefficient (Wildman–Crippen LogP) is 0.328. The van der Waals surface area contributed by atoms with E-state index < -0.39 is 18.0 Å². The van der Waals surface area contributed by atoms with Gasteiger partial charge in [0.15, 0.2) is 0 Å². The zero-order valence-electron chi connectivity index (χ0n) is 10.1. The second-order valence-corrected chi connectivity index (χ2v) is 4.06. The molecule has 2 atom stereocenters. The molecule has 6 heteroatoms. The van der Waals surface area contributed by atoms with Gasteiger partial charge in [0.25, 0.3) is 0 Å². The fourth-order valence-electron chi connectivity index (χ4n) is 1.50. The summed E-state index contributed by atoms with van der Waals surface area (Å²) in [6, 6.07) is 3.86. The fraction of sp³-hybridized carbons (Fsp3) is 0.417. The third-order valence-electron chi connectivity index (χ3n) is 2.54. The maximum atomic E-state index is 13.2. The van der Waals surface area contributed by atoms with E-state index in [1.807, 2.05) is 0 Å². The number of carbonyl (C=O) groups is 1. The monoisotopic (exact) mass is 256 g/mol. The first-order valence-electron chi connectivity index (χ1n) is 5.57. The molecule has 5 nitrogen and oxygen atoms in total. The predicted molar refractivity (Wildman–Crippen MR) is 65.1 cm³/mol. The zero-order chi connectivity index (χ0) is 13.7. The topological polar surface area (TPSA) is 95.6 Å². The number of anilines is 1. The molecule has 0 aliphatic carbocycles. The molecule has 1 aromatic carbocycles. The maximum Gasteiger partial charge on any atom is 0.216 e. The van der Waals surface area contributed by atoms with E-state index in [2.05, 4.69) is 5.32 Å². The first kappa shape index (κ1) is 14.4. The van der Waals surface area contributed by atoms with Gasteiger partial charge in [-0.1, -0.05) is 6.07 Å². The highest BCUT2D eigenvalue weighted by molar-refractivity contribution is 5.72. The second kappa shape index (κ2) is 6.32. The minimum Gasteiger partial charge on any atom is -0.396 e. The Bertz CT molecular complexity index is 426. The number of aliphatic hydroxyl groups excluding tert-OH is 2. The molecule has 18 heavy (non-hydrogen) atoms. The lowest BCUT2D eigenvalue weighted by molar-refractivity contribution is -0.119. The summed E-state index contributed by atoms with van der Waals surface area (Å²) in [5, 5.41) is 22.0. The molecule has 0 radical (unpaired) electrons. The Hall–Kier alpha value is -1.66. The minimum absolute atomic E-state index is 0.0151. The summed E-state index contributed by atoms with van der Waals surface area (Å²) >= 11 is 0. The third-order valence-corrected chi connectivity index (χ3v) is 2.54. The van der Waals surface area contributed by atoms with Crippen molar-refractivity contribution in [1.82, 2.24) is 5.32 Å². The van der Waals surface area contributed by atoms with E-state index in [1.54, 1.807) is 0 Å². The lowest BCUT2D eigenvalue weighted by atomic mass is 10.0. The molecule has 100 valence electrons. The number of carbonyl (C=O) groups excluding carboxylic acids is 1. The van der Waals surface area contributed by atoms with Gasteiger partial charge in [-0.3, -0.25) is 4.79 Å². The van der Waals surface area contributed by atoms with Gasteiger partial charge in [0, 0.05) is 13.5 Å². The number of hydrogen-bond donors (Lipinski definition) is 4. The molecule has 0 saturated heterocycles. The van der Waals surface area contributed by atoms with E-state index in [-0.39, 0.29) is 30.1 Å². The van der Waals surface area contributed by atoms with Crippen molar-refractivity contribution in [3.63, 3.8) is 0 Å². The molecule has 5 N–H and O–H groups in total. The lowest BCUT2D eigenvalue weighted by Gasteiger charge is -2.18. The Kier molecular flexibility index (Phi) is 5.06. The summed E-state index contributed by atoms with van der Waals surface area (Å²) in [5.41, 5.74) is 5.54. The van der Waals surface area contributed by atoms with E-state index in [9.17, 15) is 19.4 Å². The number of halogens is 1. The molecule has 0 aliphatic rings. The Balaban J connectivity index is 2.59. The summed E-state index contributed by atoms with van der Waals surface area (Å²) in [4.78, 5) is 10.6. The van der Waals surface area contributed by atoms with Crippen LogP contribution in [0, 0.1) is 5.82 Å². The van der Waals surface area contributed by atoms with Crippen molar-refractivity contribution in [2.24, 2.45) is 0 Å². The average Bonchev–Trinajstić information content (AvgIpc) is 2.31. The van der Waals surface area contributed by atoms with Gasteiger partial charge in [-0.25, -0.2) is 4.39 Å². The summed E-state index contributed by atoms with van der Waals surface area (Å²) in [7, 11) is 0. The highest BCUT2D eigenvalue weighted by Gasteiger charge is 2.19. The number of nitrogen functional groups attached to an aromatic ring is 1. The Morgan fingerprint density at radius 2 is 2.17 bits per heavy atom. The molecule has 0 spiro atoms. The van der Waals surface area contributed by atoms with Crippen LogP contribution in [0.5, 0.6) is 0 Å². The third kappa shape index (κ3) is 3.97. The van der Waals surface area contributed by atoms with Crippen LogP contribution in [0.1, 0.15) is 25.0 Å². The molecule has 0 fully saturated rings. The van der Waals surface area contributed by atoms with Gasteiger partial charge in [-0.15, -0.1) is 0 Å². The molecule has 0 heterocycles. The smallest absolute Gasteiger partial charge is 0.216 e.